The van der Waals surface area contributed by atoms with Crippen molar-refractivity contribution in [2.75, 3.05) is 7.11 Å². The minimum atomic E-state index is -0.0479. The zero-order valence-electron chi connectivity index (χ0n) is 14.8. The Labute approximate surface area is 143 Å². The molecular formula is C21H24O3. The van der Waals surface area contributed by atoms with Gasteiger partial charge in [0.05, 0.1) is 36.7 Å². The van der Waals surface area contributed by atoms with Crippen LogP contribution in [0.4, 0.5) is 0 Å². The summed E-state index contributed by atoms with van der Waals surface area (Å²) < 4.78 is 11.8. The lowest BCUT2D eigenvalue weighted by atomic mass is 9.80. The van der Waals surface area contributed by atoms with Gasteiger partial charge in [-0.3, -0.25) is 4.79 Å². The molecule has 3 heteroatoms. The van der Waals surface area contributed by atoms with Crippen molar-refractivity contribution in [2.24, 2.45) is 11.8 Å². The molecule has 1 aromatic carbocycles. The van der Waals surface area contributed by atoms with E-state index in [4.69, 9.17) is 9.47 Å². The normalized spacial score (nSPS) is 30.9. The number of allylic oxidation sites excluding steroid dienone is 2. The predicted molar refractivity (Wildman–Crippen MR) is 94.4 cm³/mol. The van der Waals surface area contributed by atoms with Gasteiger partial charge < -0.3 is 9.47 Å². The summed E-state index contributed by atoms with van der Waals surface area (Å²) in [5.41, 5.74) is 6.21. The summed E-state index contributed by atoms with van der Waals surface area (Å²) in [4.78, 5) is 13.2. The SMILES string of the molecule is C=C(C)c1cc(C)c(C2=C(OC)[C@@H]3C4CCC(O4)[C@@H]3C2=O)c(C)c1. The Bertz CT molecular complexity index is 763. The number of carbonyl (C=O) groups is 1. The molecule has 2 aliphatic heterocycles. The Hall–Kier alpha value is -1.87. The Morgan fingerprint density at radius 2 is 1.75 bits per heavy atom. The van der Waals surface area contributed by atoms with Crippen molar-refractivity contribution in [2.45, 2.75) is 45.8 Å². The number of methoxy groups -OCH3 is 1. The van der Waals surface area contributed by atoms with Gasteiger partial charge in [-0.1, -0.05) is 24.3 Å². The van der Waals surface area contributed by atoms with Crippen molar-refractivity contribution in [3.05, 3.63) is 46.7 Å². The van der Waals surface area contributed by atoms with E-state index in [1.54, 1.807) is 7.11 Å². The molecule has 2 heterocycles. The molecule has 2 bridgehead atoms. The molecule has 3 nitrogen and oxygen atoms in total. The van der Waals surface area contributed by atoms with E-state index in [1.165, 1.54) is 0 Å². The molecule has 1 aromatic rings. The molecule has 0 aromatic heterocycles. The number of Topliss-reactive ketones (excluding diaryl/α,β-unsaturated/α-hetero) is 1. The standard InChI is InChI=1S/C21H24O3/c1-10(2)13-8-11(3)16(12(4)9-13)19-20(22)17-14-6-7-15(24-14)18(17)21(19)23-5/h8-9,14-15,17-18H,1,6-7H2,2-5H3/t14?,15?,17-,18+/m0/s1. The average molecular weight is 324 g/mol. The number of hydrogen-bond donors (Lipinski definition) is 0. The van der Waals surface area contributed by atoms with E-state index in [1.807, 2.05) is 6.92 Å². The van der Waals surface area contributed by atoms with Crippen LogP contribution in [0.2, 0.25) is 0 Å². The van der Waals surface area contributed by atoms with E-state index >= 15 is 0 Å². The van der Waals surface area contributed by atoms with E-state index in [0.717, 1.165) is 52.0 Å². The highest BCUT2D eigenvalue weighted by atomic mass is 16.5. The molecule has 4 atom stereocenters. The van der Waals surface area contributed by atoms with Crippen LogP contribution < -0.4 is 0 Å². The van der Waals surface area contributed by atoms with Gasteiger partial charge in [-0.25, -0.2) is 0 Å². The first-order chi connectivity index (χ1) is 11.4. The Balaban J connectivity index is 1.88. The molecule has 2 fully saturated rings. The number of benzene rings is 1. The fourth-order valence-electron chi connectivity index (χ4n) is 4.89. The Kier molecular flexibility index (Phi) is 3.47. The van der Waals surface area contributed by atoms with Crippen molar-refractivity contribution in [3.8, 4) is 0 Å². The molecule has 4 rings (SSSR count). The summed E-state index contributed by atoms with van der Waals surface area (Å²) in [6.07, 6.45) is 2.25. The van der Waals surface area contributed by atoms with Crippen molar-refractivity contribution in [1.29, 1.82) is 0 Å². The smallest absolute Gasteiger partial charge is 0.173 e. The van der Waals surface area contributed by atoms with Crippen LogP contribution in [0.3, 0.4) is 0 Å². The number of fused-ring (bicyclic) bond motifs is 5. The third-order valence-electron chi connectivity index (χ3n) is 5.87. The van der Waals surface area contributed by atoms with Crippen molar-refractivity contribution < 1.29 is 14.3 Å². The van der Waals surface area contributed by atoms with Crippen LogP contribution in [0.1, 0.15) is 42.0 Å². The molecule has 24 heavy (non-hydrogen) atoms. The summed E-state index contributed by atoms with van der Waals surface area (Å²) in [5, 5.41) is 0. The van der Waals surface area contributed by atoms with Crippen LogP contribution >= 0.6 is 0 Å². The van der Waals surface area contributed by atoms with Crippen molar-refractivity contribution in [3.63, 3.8) is 0 Å². The molecule has 0 N–H and O–H groups in total. The minimum absolute atomic E-state index is 0.0479. The van der Waals surface area contributed by atoms with Gasteiger partial charge in [0.2, 0.25) is 0 Å². The van der Waals surface area contributed by atoms with E-state index in [-0.39, 0.29) is 29.8 Å². The van der Waals surface area contributed by atoms with E-state index in [0.29, 0.717) is 0 Å². The quantitative estimate of drug-likeness (QED) is 0.841. The number of ether oxygens (including phenoxy) is 2. The first-order valence-corrected chi connectivity index (χ1v) is 8.69. The van der Waals surface area contributed by atoms with Crippen LogP contribution in [0.15, 0.2) is 24.5 Å². The highest BCUT2D eigenvalue weighted by molar-refractivity contribution is 6.26. The number of hydrogen-bond acceptors (Lipinski definition) is 3. The summed E-state index contributed by atoms with van der Waals surface area (Å²) >= 11 is 0. The van der Waals surface area contributed by atoms with E-state index < -0.39 is 0 Å². The zero-order chi connectivity index (χ0) is 17.2. The number of ketones is 1. The van der Waals surface area contributed by atoms with Crippen LogP contribution in [0, 0.1) is 25.7 Å². The maximum atomic E-state index is 13.2. The van der Waals surface area contributed by atoms with Crippen molar-refractivity contribution >= 4 is 16.9 Å². The summed E-state index contributed by atoms with van der Waals surface area (Å²) in [6.45, 7) is 10.2. The third kappa shape index (κ3) is 1.97. The van der Waals surface area contributed by atoms with Crippen LogP contribution in [0.5, 0.6) is 0 Å². The van der Waals surface area contributed by atoms with Gasteiger partial charge in [0.25, 0.3) is 0 Å². The monoisotopic (exact) mass is 324 g/mol. The molecule has 1 aliphatic carbocycles. The Morgan fingerprint density at radius 3 is 2.29 bits per heavy atom. The second-order valence-corrected chi connectivity index (χ2v) is 7.41. The molecule has 2 unspecified atom stereocenters. The van der Waals surface area contributed by atoms with Gasteiger partial charge in [0.1, 0.15) is 5.76 Å². The molecule has 2 saturated heterocycles. The Morgan fingerprint density at radius 1 is 1.17 bits per heavy atom. The minimum Gasteiger partial charge on any atom is -0.500 e. The largest absolute Gasteiger partial charge is 0.500 e. The predicted octanol–water partition coefficient (Wildman–Crippen LogP) is 4.07. The van der Waals surface area contributed by atoms with E-state index in [9.17, 15) is 4.79 Å². The van der Waals surface area contributed by atoms with Gasteiger partial charge in [0.15, 0.2) is 5.78 Å². The first kappa shape index (κ1) is 15.6. The molecule has 126 valence electrons. The topological polar surface area (TPSA) is 35.5 Å². The number of aryl methyl sites for hydroxylation is 2. The molecule has 0 amide bonds. The fourth-order valence-corrected chi connectivity index (χ4v) is 4.89. The van der Waals surface area contributed by atoms with Crippen molar-refractivity contribution in [1.82, 2.24) is 0 Å². The highest BCUT2D eigenvalue weighted by Gasteiger charge is 2.59. The summed E-state index contributed by atoms with van der Waals surface area (Å²) in [5.74, 6) is 1.11. The average Bonchev–Trinajstić information content (AvgIpc) is 3.20. The third-order valence-corrected chi connectivity index (χ3v) is 5.87. The summed E-state index contributed by atoms with van der Waals surface area (Å²) in [6, 6.07) is 4.24. The van der Waals surface area contributed by atoms with Gasteiger partial charge in [0, 0.05) is 0 Å². The maximum absolute atomic E-state index is 13.2. The first-order valence-electron chi connectivity index (χ1n) is 8.69. The van der Waals surface area contributed by atoms with Crippen LogP contribution in [0.25, 0.3) is 11.1 Å². The fraction of sp³-hybridized carbons (Fsp3) is 0.476. The molecular weight excluding hydrogens is 300 g/mol. The molecule has 3 aliphatic rings. The second kappa shape index (κ2) is 5.32. The maximum Gasteiger partial charge on any atom is 0.173 e. The lowest BCUT2D eigenvalue weighted by molar-refractivity contribution is -0.118. The van der Waals surface area contributed by atoms with Gasteiger partial charge in [-0.2, -0.15) is 0 Å². The lowest BCUT2D eigenvalue weighted by Crippen LogP contribution is -2.29. The number of rotatable bonds is 3. The van der Waals surface area contributed by atoms with Gasteiger partial charge >= 0.3 is 0 Å². The lowest BCUT2D eigenvalue weighted by Gasteiger charge is -2.21. The van der Waals surface area contributed by atoms with Gasteiger partial charge in [-0.05, 0) is 55.9 Å². The second-order valence-electron chi connectivity index (χ2n) is 7.41. The molecule has 0 radical (unpaired) electrons. The van der Waals surface area contributed by atoms with Gasteiger partial charge in [-0.15, -0.1) is 0 Å². The van der Waals surface area contributed by atoms with Crippen LogP contribution in [-0.2, 0) is 14.3 Å². The van der Waals surface area contributed by atoms with Crippen LogP contribution in [-0.4, -0.2) is 25.1 Å². The number of carbonyl (C=O) groups excluding carboxylic acids is 1. The summed E-state index contributed by atoms with van der Waals surface area (Å²) in [7, 11) is 1.68. The highest BCUT2D eigenvalue weighted by Crippen LogP contribution is 2.55. The van der Waals surface area contributed by atoms with E-state index in [2.05, 4.69) is 32.6 Å². The molecule has 0 spiro atoms. The molecule has 0 saturated carbocycles. The zero-order valence-corrected chi connectivity index (χ0v) is 14.8.